The summed E-state index contributed by atoms with van der Waals surface area (Å²) in [6.07, 6.45) is 7.24. The molecule has 0 radical (unpaired) electrons. The van der Waals surface area contributed by atoms with E-state index in [9.17, 15) is 14.7 Å². The zero-order valence-corrected chi connectivity index (χ0v) is 16.6. The summed E-state index contributed by atoms with van der Waals surface area (Å²) < 4.78 is 5.21. The van der Waals surface area contributed by atoms with Gasteiger partial charge in [0.25, 0.3) is 0 Å². The lowest BCUT2D eigenvalue weighted by atomic mass is 9.63. The Morgan fingerprint density at radius 2 is 1.88 bits per heavy atom. The van der Waals surface area contributed by atoms with E-state index in [0.29, 0.717) is 31.8 Å². The molecule has 2 saturated carbocycles. The Morgan fingerprint density at radius 3 is 2.36 bits per heavy atom. The molecule has 3 atom stereocenters. The minimum atomic E-state index is -1.24. The SMILES string of the molecule is CC(C)(C)C(=O)OCCC/C=C/C(=O)[C@@]1(O)C[C@H]2CC[C@]1(C)C2(C)C. The van der Waals surface area contributed by atoms with Crippen molar-refractivity contribution in [2.45, 2.75) is 79.2 Å². The quantitative estimate of drug-likeness (QED) is 0.446. The molecule has 2 fully saturated rings. The van der Waals surface area contributed by atoms with Crippen LogP contribution in [0.15, 0.2) is 12.2 Å². The fourth-order valence-corrected chi connectivity index (χ4v) is 4.56. The highest BCUT2D eigenvalue weighted by molar-refractivity contribution is 5.98. The Bertz CT molecular complexity index is 569. The van der Waals surface area contributed by atoms with Gasteiger partial charge in [0.2, 0.25) is 0 Å². The number of carbonyl (C=O) groups excluding carboxylic acids is 2. The van der Waals surface area contributed by atoms with Gasteiger partial charge >= 0.3 is 5.97 Å². The number of esters is 1. The largest absolute Gasteiger partial charge is 0.465 e. The molecule has 2 aliphatic rings. The van der Waals surface area contributed by atoms with Gasteiger partial charge in [0.1, 0.15) is 5.60 Å². The normalized spacial score (nSPS) is 33.8. The number of ether oxygens (including phenoxy) is 1. The van der Waals surface area contributed by atoms with Crippen molar-refractivity contribution in [3.63, 3.8) is 0 Å². The van der Waals surface area contributed by atoms with Gasteiger partial charge < -0.3 is 9.84 Å². The predicted molar refractivity (Wildman–Crippen MR) is 98.0 cm³/mol. The van der Waals surface area contributed by atoms with Crippen LogP contribution >= 0.6 is 0 Å². The molecular weight excluding hydrogens is 316 g/mol. The lowest BCUT2D eigenvalue weighted by Gasteiger charge is -2.43. The number of hydrogen-bond donors (Lipinski definition) is 1. The average Bonchev–Trinajstić information content (AvgIpc) is 2.81. The van der Waals surface area contributed by atoms with Crippen LogP contribution in [-0.2, 0) is 14.3 Å². The topological polar surface area (TPSA) is 63.6 Å². The number of carbonyl (C=O) groups is 2. The molecule has 2 bridgehead atoms. The monoisotopic (exact) mass is 350 g/mol. The maximum atomic E-state index is 12.7. The van der Waals surface area contributed by atoms with Crippen LogP contribution in [0.5, 0.6) is 0 Å². The summed E-state index contributed by atoms with van der Waals surface area (Å²) in [6.45, 7) is 12.3. The molecule has 0 aromatic heterocycles. The van der Waals surface area contributed by atoms with Crippen molar-refractivity contribution in [3.05, 3.63) is 12.2 Å². The molecular formula is C21H34O4. The van der Waals surface area contributed by atoms with Crippen molar-refractivity contribution in [2.75, 3.05) is 6.61 Å². The molecule has 0 aliphatic heterocycles. The summed E-state index contributed by atoms with van der Waals surface area (Å²) in [5, 5.41) is 11.1. The summed E-state index contributed by atoms with van der Waals surface area (Å²) in [5.74, 6) is 0.0348. The third-order valence-corrected chi connectivity index (χ3v) is 6.93. The van der Waals surface area contributed by atoms with E-state index < -0.39 is 11.0 Å². The van der Waals surface area contributed by atoms with Crippen LogP contribution < -0.4 is 0 Å². The van der Waals surface area contributed by atoms with Crippen molar-refractivity contribution >= 4 is 11.8 Å². The van der Waals surface area contributed by atoms with Crippen LogP contribution in [0.3, 0.4) is 0 Å². The first kappa shape index (κ1) is 20.2. The number of allylic oxidation sites excluding steroid dienone is 1. The fourth-order valence-electron chi connectivity index (χ4n) is 4.56. The Morgan fingerprint density at radius 1 is 1.24 bits per heavy atom. The van der Waals surface area contributed by atoms with Crippen LogP contribution in [-0.4, -0.2) is 29.1 Å². The second kappa shape index (κ2) is 6.53. The lowest BCUT2D eigenvalue weighted by molar-refractivity contribution is -0.153. The summed E-state index contributed by atoms with van der Waals surface area (Å²) >= 11 is 0. The van der Waals surface area contributed by atoms with Gasteiger partial charge in [0, 0.05) is 5.41 Å². The summed E-state index contributed by atoms with van der Waals surface area (Å²) in [7, 11) is 0. The molecule has 0 amide bonds. The molecule has 142 valence electrons. The number of unbranched alkanes of at least 4 members (excludes halogenated alkanes) is 1. The van der Waals surface area contributed by atoms with Crippen molar-refractivity contribution < 1.29 is 19.4 Å². The molecule has 0 unspecified atom stereocenters. The third kappa shape index (κ3) is 3.30. The molecule has 0 spiro atoms. The molecule has 2 rings (SSSR count). The number of rotatable bonds is 6. The van der Waals surface area contributed by atoms with Crippen LogP contribution in [0.4, 0.5) is 0 Å². The van der Waals surface area contributed by atoms with Gasteiger partial charge in [-0.15, -0.1) is 0 Å². The van der Waals surface area contributed by atoms with Gasteiger partial charge in [0.15, 0.2) is 5.78 Å². The smallest absolute Gasteiger partial charge is 0.311 e. The molecule has 1 N–H and O–H groups in total. The molecule has 4 nitrogen and oxygen atoms in total. The van der Waals surface area contributed by atoms with Gasteiger partial charge in [-0.1, -0.05) is 26.8 Å². The number of fused-ring (bicyclic) bond motifs is 2. The van der Waals surface area contributed by atoms with E-state index >= 15 is 0 Å². The molecule has 0 heterocycles. The van der Waals surface area contributed by atoms with E-state index in [1.165, 1.54) is 6.08 Å². The fraction of sp³-hybridized carbons (Fsp3) is 0.810. The predicted octanol–water partition coefficient (Wildman–Crippen LogP) is 4.06. The Balaban J connectivity index is 1.85. The maximum absolute atomic E-state index is 12.7. The Labute approximate surface area is 152 Å². The summed E-state index contributed by atoms with van der Waals surface area (Å²) in [4.78, 5) is 24.4. The first-order valence-electron chi connectivity index (χ1n) is 9.47. The lowest BCUT2D eigenvalue weighted by Crippen LogP contribution is -2.52. The van der Waals surface area contributed by atoms with Crippen molar-refractivity contribution in [3.8, 4) is 0 Å². The van der Waals surface area contributed by atoms with Crippen LogP contribution in [0.1, 0.15) is 73.6 Å². The Hall–Kier alpha value is -1.16. The van der Waals surface area contributed by atoms with E-state index in [1.54, 1.807) is 6.08 Å². The van der Waals surface area contributed by atoms with E-state index in [1.807, 2.05) is 20.8 Å². The second-order valence-corrected chi connectivity index (χ2v) is 9.65. The van der Waals surface area contributed by atoms with Crippen LogP contribution in [0.25, 0.3) is 0 Å². The third-order valence-electron chi connectivity index (χ3n) is 6.93. The minimum absolute atomic E-state index is 0.00753. The van der Waals surface area contributed by atoms with Gasteiger partial charge in [-0.05, 0) is 70.3 Å². The van der Waals surface area contributed by atoms with Gasteiger partial charge in [-0.3, -0.25) is 9.59 Å². The average molecular weight is 350 g/mol. The second-order valence-electron chi connectivity index (χ2n) is 9.65. The molecule has 4 heteroatoms. The highest BCUT2D eigenvalue weighted by atomic mass is 16.5. The molecule has 0 aromatic rings. The zero-order chi connectivity index (χ0) is 19.1. The number of aliphatic hydroxyl groups is 1. The highest BCUT2D eigenvalue weighted by Gasteiger charge is 2.70. The van der Waals surface area contributed by atoms with Crippen molar-refractivity contribution in [2.24, 2.45) is 22.2 Å². The summed E-state index contributed by atoms with van der Waals surface area (Å²) in [5.41, 5.74) is -2.09. The zero-order valence-electron chi connectivity index (χ0n) is 16.6. The molecule has 0 saturated heterocycles. The molecule has 2 aliphatic carbocycles. The molecule has 0 aromatic carbocycles. The number of hydrogen-bond acceptors (Lipinski definition) is 4. The molecule has 25 heavy (non-hydrogen) atoms. The van der Waals surface area contributed by atoms with E-state index in [-0.39, 0.29) is 22.6 Å². The standard InChI is InChI=1S/C21H34O4/c1-18(2,3)17(23)25-13-9-7-8-10-16(22)21(24)14-15-11-12-20(21,6)19(15,4)5/h8,10,15,24H,7,9,11-14H2,1-6H3/b10-8+/t15-,20-,21+/m1/s1. The van der Waals surface area contributed by atoms with Gasteiger partial charge in [-0.2, -0.15) is 0 Å². The van der Waals surface area contributed by atoms with Crippen molar-refractivity contribution in [1.29, 1.82) is 0 Å². The van der Waals surface area contributed by atoms with E-state index in [0.717, 1.165) is 12.8 Å². The first-order valence-corrected chi connectivity index (χ1v) is 9.47. The summed E-state index contributed by atoms with van der Waals surface area (Å²) in [6, 6.07) is 0. The maximum Gasteiger partial charge on any atom is 0.311 e. The van der Waals surface area contributed by atoms with E-state index in [4.69, 9.17) is 4.74 Å². The number of ketones is 1. The Kier molecular flexibility index (Phi) is 5.27. The van der Waals surface area contributed by atoms with Crippen molar-refractivity contribution in [1.82, 2.24) is 0 Å². The first-order chi connectivity index (χ1) is 11.4. The van der Waals surface area contributed by atoms with Crippen LogP contribution in [0, 0.1) is 22.2 Å². The van der Waals surface area contributed by atoms with E-state index in [2.05, 4.69) is 20.8 Å². The highest BCUT2D eigenvalue weighted by Crippen LogP contribution is 2.69. The van der Waals surface area contributed by atoms with Gasteiger partial charge in [0.05, 0.1) is 12.0 Å². The van der Waals surface area contributed by atoms with Gasteiger partial charge in [-0.25, -0.2) is 0 Å². The van der Waals surface area contributed by atoms with Crippen LogP contribution in [0.2, 0.25) is 0 Å². The minimum Gasteiger partial charge on any atom is -0.465 e.